The third-order valence-electron chi connectivity index (χ3n) is 2.48. The van der Waals surface area contributed by atoms with Gasteiger partial charge in [-0.15, -0.1) is 0 Å². The van der Waals surface area contributed by atoms with E-state index in [-0.39, 0.29) is 5.60 Å². The minimum atomic E-state index is -0.0318. The molecule has 0 saturated carbocycles. The van der Waals surface area contributed by atoms with Crippen molar-refractivity contribution in [1.29, 1.82) is 0 Å². The largest absolute Gasteiger partial charge is 0.375 e. The van der Waals surface area contributed by atoms with E-state index in [9.17, 15) is 0 Å². The Morgan fingerprint density at radius 3 is 2.29 bits per heavy atom. The minimum absolute atomic E-state index is 0.0318. The first-order valence-corrected chi connectivity index (χ1v) is 5.93. The maximum atomic E-state index is 5.64. The van der Waals surface area contributed by atoms with Gasteiger partial charge in [0.2, 0.25) is 0 Å². The van der Waals surface area contributed by atoms with E-state index in [4.69, 9.17) is 4.74 Å². The molecule has 0 radical (unpaired) electrons. The van der Waals surface area contributed by atoms with Gasteiger partial charge in [-0.1, -0.05) is 20.3 Å². The summed E-state index contributed by atoms with van der Waals surface area (Å²) in [6, 6.07) is 0.653. The van der Waals surface area contributed by atoms with Crippen LogP contribution in [0, 0.1) is 0 Å². The summed E-state index contributed by atoms with van der Waals surface area (Å²) in [5.74, 6) is 0. The van der Waals surface area contributed by atoms with Crippen molar-refractivity contribution < 1.29 is 4.74 Å². The summed E-state index contributed by atoms with van der Waals surface area (Å²) in [6.45, 7) is 12.5. The van der Waals surface area contributed by atoms with E-state index in [1.807, 2.05) is 6.92 Å². The molecule has 0 aromatic carbocycles. The second-order valence-electron chi connectivity index (χ2n) is 4.47. The zero-order valence-electron chi connectivity index (χ0n) is 10.5. The van der Waals surface area contributed by atoms with Gasteiger partial charge in [0, 0.05) is 19.2 Å². The van der Waals surface area contributed by atoms with E-state index >= 15 is 0 Å². The molecule has 0 bridgehead atoms. The molecule has 0 aliphatic heterocycles. The highest BCUT2D eigenvalue weighted by Crippen LogP contribution is 2.09. The number of ether oxygens (including phenoxy) is 1. The Hall–Kier alpha value is -0.0800. The monoisotopic (exact) mass is 201 g/mol. The Morgan fingerprint density at radius 2 is 1.86 bits per heavy atom. The quantitative estimate of drug-likeness (QED) is 0.652. The molecule has 0 aliphatic carbocycles. The molecule has 0 aromatic heterocycles. The lowest BCUT2D eigenvalue weighted by atomic mass is 10.1. The third-order valence-corrected chi connectivity index (χ3v) is 2.48. The number of rotatable bonds is 8. The van der Waals surface area contributed by atoms with Crippen LogP contribution < -0.4 is 5.32 Å². The van der Waals surface area contributed by atoms with Gasteiger partial charge in [-0.2, -0.15) is 0 Å². The van der Waals surface area contributed by atoms with Gasteiger partial charge in [0.15, 0.2) is 0 Å². The van der Waals surface area contributed by atoms with Gasteiger partial charge in [-0.3, -0.25) is 0 Å². The molecule has 0 spiro atoms. The predicted octanol–water partition coefficient (Wildman–Crippen LogP) is 2.97. The van der Waals surface area contributed by atoms with Gasteiger partial charge >= 0.3 is 0 Å². The summed E-state index contributed by atoms with van der Waals surface area (Å²) >= 11 is 0. The van der Waals surface area contributed by atoms with E-state index in [0.717, 1.165) is 13.2 Å². The Balaban J connectivity index is 3.76. The highest BCUT2D eigenvalue weighted by Gasteiger charge is 2.18. The van der Waals surface area contributed by atoms with Crippen LogP contribution in [-0.2, 0) is 4.74 Å². The van der Waals surface area contributed by atoms with Crippen LogP contribution in [-0.4, -0.2) is 24.8 Å². The summed E-state index contributed by atoms with van der Waals surface area (Å²) in [4.78, 5) is 0. The zero-order valence-corrected chi connectivity index (χ0v) is 10.5. The predicted molar refractivity (Wildman–Crippen MR) is 62.7 cm³/mol. The van der Waals surface area contributed by atoms with Crippen LogP contribution in [0.4, 0.5) is 0 Å². The van der Waals surface area contributed by atoms with Crippen LogP contribution in [0.15, 0.2) is 0 Å². The molecule has 0 amide bonds. The fraction of sp³-hybridized carbons (Fsp3) is 1.00. The molecular weight excluding hydrogens is 174 g/mol. The first-order valence-electron chi connectivity index (χ1n) is 5.93. The van der Waals surface area contributed by atoms with Crippen molar-refractivity contribution in [2.24, 2.45) is 0 Å². The Morgan fingerprint density at radius 1 is 1.21 bits per heavy atom. The van der Waals surface area contributed by atoms with Crippen LogP contribution >= 0.6 is 0 Å². The molecule has 0 fully saturated rings. The zero-order chi connectivity index (χ0) is 11.0. The number of nitrogens with one attached hydrogen (secondary N) is 1. The van der Waals surface area contributed by atoms with Crippen LogP contribution in [0.5, 0.6) is 0 Å². The third kappa shape index (κ3) is 6.39. The fourth-order valence-corrected chi connectivity index (χ4v) is 1.63. The standard InChI is InChI=1S/C12H27NO/c1-6-9-11(7-2)13-10-12(4,5)14-8-3/h11,13H,6-10H2,1-5H3. The first-order chi connectivity index (χ1) is 6.55. The maximum Gasteiger partial charge on any atom is 0.0750 e. The molecule has 2 nitrogen and oxygen atoms in total. The van der Waals surface area contributed by atoms with Crippen LogP contribution in [0.1, 0.15) is 53.9 Å². The van der Waals surface area contributed by atoms with Gasteiger partial charge in [0.05, 0.1) is 5.60 Å². The van der Waals surface area contributed by atoms with Crippen molar-refractivity contribution in [3.8, 4) is 0 Å². The number of hydrogen-bond donors (Lipinski definition) is 1. The van der Waals surface area contributed by atoms with Crippen molar-refractivity contribution in [3.05, 3.63) is 0 Å². The van der Waals surface area contributed by atoms with Crippen molar-refractivity contribution >= 4 is 0 Å². The van der Waals surface area contributed by atoms with Crippen LogP contribution in [0.2, 0.25) is 0 Å². The average Bonchev–Trinajstić information content (AvgIpc) is 2.12. The van der Waals surface area contributed by atoms with Crippen molar-refractivity contribution in [2.45, 2.75) is 65.5 Å². The Bertz CT molecular complexity index is 134. The summed E-state index contributed by atoms with van der Waals surface area (Å²) < 4.78 is 5.64. The topological polar surface area (TPSA) is 21.3 Å². The fourth-order valence-electron chi connectivity index (χ4n) is 1.63. The smallest absolute Gasteiger partial charge is 0.0750 e. The average molecular weight is 201 g/mol. The van der Waals surface area contributed by atoms with Crippen LogP contribution in [0.3, 0.4) is 0 Å². The Kier molecular flexibility index (Phi) is 7.20. The number of hydrogen-bond acceptors (Lipinski definition) is 2. The van der Waals surface area contributed by atoms with E-state index < -0.39 is 0 Å². The minimum Gasteiger partial charge on any atom is -0.375 e. The van der Waals surface area contributed by atoms with Gasteiger partial charge in [-0.05, 0) is 33.6 Å². The van der Waals surface area contributed by atoms with Gasteiger partial charge < -0.3 is 10.1 Å². The Labute approximate surface area is 89.4 Å². The molecule has 1 unspecified atom stereocenters. The van der Waals surface area contributed by atoms with Crippen molar-refractivity contribution in [2.75, 3.05) is 13.2 Å². The molecule has 0 aliphatic rings. The molecule has 0 aromatic rings. The summed E-state index contributed by atoms with van der Waals surface area (Å²) in [5, 5.41) is 3.57. The van der Waals surface area contributed by atoms with Crippen molar-refractivity contribution in [1.82, 2.24) is 5.32 Å². The second kappa shape index (κ2) is 7.24. The lowest BCUT2D eigenvalue weighted by Gasteiger charge is -2.28. The second-order valence-corrected chi connectivity index (χ2v) is 4.47. The van der Waals surface area contributed by atoms with E-state index in [1.165, 1.54) is 19.3 Å². The molecule has 0 saturated heterocycles. The van der Waals surface area contributed by atoms with E-state index in [1.54, 1.807) is 0 Å². The molecule has 0 rings (SSSR count). The lowest BCUT2D eigenvalue weighted by molar-refractivity contribution is -0.0108. The summed E-state index contributed by atoms with van der Waals surface area (Å²) in [7, 11) is 0. The molecule has 1 N–H and O–H groups in total. The molecule has 0 heterocycles. The lowest BCUT2D eigenvalue weighted by Crippen LogP contribution is -2.42. The van der Waals surface area contributed by atoms with Crippen LogP contribution in [0.25, 0.3) is 0 Å². The summed E-state index contributed by atoms with van der Waals surface area (Å²) in [6.07, 6.45) is 3.72. The SMILES string of the molecule is CCCC(CC)NCC(C)(C)OCC. The normalized spacial score (nSPS) is 14.4. The van der Waals surface area contributed by atoms with Gasteiger partial charge in [0.25, 0.3) is 0 Å². The van der Waals surface area contributed by atoms with E-state index in [0.29, 0.717) is 6.04 Å². The van der Waals surface area contributed by atoms with E-state index in [2.05, 4.69) is 33.0 Å². The van der Waals surface area contributed by atoms with Crippen molar-refractivity contribution in [3.63, 3.8) is 0 Å². The highest BCUT2D eigenvalue weighted by molar-refractivity contribution is 4.75. The molecule has 14 heavy (non-hydrogen) atoms. The molecule has 2 heteroatoms. The molecular formula is C12H27NO. The highest BCUT2D eigenvalue weighted by atomic mass is 16.5. The van der Waals surface area contributed by atoms with Gasteiger partial charge in [0.1, 0.15) is 0 Å². The van der Waals surface area contributed by atoms with Gasteiger partial charge in [-0.25, -0.2) is 0 Å². The summed E-state index contributed by atoms with van der Waals surface area (Å²) in [5.41, 5.74) is -0.0318. The maximum absolute atomic E-state index is 5.64. The first kappa shape index (κ1) is 13.9. The molecule has 86 valence electrons. The molecule has 1 atom stereocenters.